The lowest BCUT2D eigenvalue weighted by Gasteiger charge is -2.40. The van der Waals surface area contributed by atoms with Crippen molar-refractivity contribution in [2.75, 3.05) is 45.0 Å². The number of rotatable bonds is 7. The summed E-state index contributed by atoms with van der Waals surface area (Å²) >= 11 is 0. The molecular weight excluding hydrogens is 476 g/mol. The lowest BCUT2D eigenvalue weighted by Crippen LogP contribution is -2.58. The highest BCUT2D eigenvalue weighted by Crippen LogP contribution is 2.21. The molecule has 0 aliphatic carbocycles. The third kappa shape index (κ3) is 5.72. The second-order valence-electron chi connectivity index (χ2n) is 9.36. The zero-order chi connectivity index (χ0) is 25.8. The minimum atomic E-state index is -0.516. The number of carbonyl (C=O) groups excluding carboxylic acids is 3. The van der Waals surface area contributed by atoms with Crippen LogP contribution in [0.5, 0.6) is 0 Å². The van der Waals surface area contributed by atoms with Gasteiger partial charge in [-0.1, -0.05) is 35.6 Å². The van der Waals surface area contributed by atoms with Crippen LogP contribution < -0.4 is 10.5 Å². The maximum atomic E-state index is 13.1. The van der Waals surface area contributed by atoms with Crippen LogP contribution in [0.2, 0.25) is 0 Å². The number of nitrogens with zero attached hydrogens (tertiary/aromatic N) is 5. The molecule has 0 radical (unpaired) electrons. The van der Waals surface area contributed by atoms with Gasteiger partial charge in [-0.2, -0.15) is 5.53 Å². The number of cyclic esters (lactones) is 1. The second kappa shape index (κ2) is 11.0. The van der Waals surface area contributed by atoms with E-state index in [0.29, 0.717) is 45.9 Å². The summed E-state index contributed by atoms with van der Waals surface area (Å²) in [5.41, 5.74) is 7.77. The van der Waals surface area contributed by atoms with Gasteiger partial charge in [0.25, 0.3) is 0 Å². The van der Waals surface area contributed by atoms with E-state index < -0.39 is 6.04 Å². The van der Waals surface area contributed by atoms with Crippen LogP contribution in [-0.2, 0) is 49.7 Å². The van der Waals surface area contributed by atoms with Crippen molar-refractivity contribution in [1.82, 2.24) is 15.3 Å². The fourth-order valence-corrected chi connectivity index (χ4v) is 4.89. The molecule has 1 N–H and O–H groups in total. The zero-order valence-corrected chi connectivity index (χ0v) is 20.8. The Kier molecular flexibility index (Phi) is 7.31. The molecule has 1 fully saturated rings. The summed E-state index contributed by atoms with van der Waals surface area (Å²) in [5.74, 6) is -0.555. The standard InChI is InChI=1S/C26H30N6O5/c1-36-26(35)23-15-31(24(33)13-18-3-6-22(7-4-18)32-17-27-28-29-32)11-10-30(23)9-8-19-2-5-20-14-25(34)37-16-21(20)12-19/h2-7,12,23H,8-11,13-17H2,1H3,(H,27,29). The van der Waals surface area contributed by atoms with Crippen LogP contribution in [-0.4, -0.2) is 73.6 Å². The van der Waals surface area contributed by atoms with E-state index in [0.717, 1.165) is 34.4 Å². The molecule has 0 spiro atoms. The smallest absolute Gasteiger partial charge is 0.324 e. The van der Waals surface area contributed by atoms with Gasteiger partial charge in [-0.25, -0.2) is 5.01 Å². The Bertz CT molecular complexity index is 1190. The molecule has 0 saturated carbocycles. The van der Waals surface area contributed by atoms with E-state index in [1.165, 1.54) is 7.11 Å². The third-order valence-electron chi connectivity index (χ3n) is 7.04. The number of piperazine rings is 1. The van der Waals surface area contributed by atoms with Crippen molar-refractivity contribution in [2.45, 2.75) is 31.9 Å². The molecule has 0 aromatic heterocycles. The van der Waals surface area contributed by atoms with Crippen LogP contribution in [0.3, 0.4) is 0 Å². The molecule has 3 heterocycles. The second-order valence-corrected chi connectivity index (χ2v) is 9.36. The van der Waals surface area contributed by atoms with Gasteiger partial charge in [0.05, 0.1) is 25.6 Å². The first-order chi connectivity index (χ1) is 18.0. The summed E-state index contributed by atoms with van der Waals surface area (Å²) in [7, 11) is 1.38. The molecule has 2 aromatic rings. The Hall–Kier alpha value is -3.99. The Morgan fingerprint density at radius 2 is 1.92 bits per heavy atom. The van der Waals surface area contributed by atoms with Crippen LogP contribution in [0.1, 0.15) is 22.3 Å². The fourth-order valence-electron chi connectivity index (χ4n) is 4.89. The topological polar surface area (TPSA) is 116 Å². The highest BCUT2D eigenvalue weighted by Gasteiger charge is 2.34. The molecule has 1 unspecified atom stereocenters. The molecule has 1 amide bonds. The average Bonchev–Trinajstić information content (AvgIpc) is 3.47. The molecule has 37 heavy (non-hydrogen) atoms. The predicted molar refractivity (Wildman–Crippen MR) is 133 cm³/mol. The number of nitrogens with one attached hydrogen (secondary N) is 1. The summed E-state index contributed by atoms with van der Waals surface area (Å²) < 4.78 is 10.2. The molecule has 0 bridgehead atoms. The monoisotopic (exact) mass is 506 g/mol. The van der Waals surface area contributed by atoms with Crippen molar-refractivity contribution in [3.05, 3.63) is 64.7 Å². The van der Waals surface area contributed by atoms with Crippen molar-refractivity contribution in [2.24, 2.45) is 10.3 Å². The van der Waals surface area contributed by atoms with Gasteiger partial charge in [-0.3, -0.25) is 19.3 Å². The van der Waals surface area contributed by atoms with Crippen LogP contribution in [0.15, 0.2) is 52.8 Å². The number of methoxy groups -OCH3 is 1. The van der Waals surface area contributed by atoms with E-state index in [2.05, 4.69) is 26.8 Å². The summed E-state index contributed by atoms with van der Waals surface area (Å²) in [6.07, 6.45) is 1.31. The average molecular weight is 507 g/mol. The first-order valence-corrected chi connectivity index (χ1v) is 12.3. The third-order valence-corrected chi connectivity index (χ3v) is 7.04. The zero-order valence-electron chi connectivity index (χ0n) is 20.8. The largest absolute Gasteiger partial charge is 0.468 e. The fraction of sp³-hybridized carbons (Fsp3) is 0.423. The minimum absolute atomic E-state index is 0.0187. The maximum Gasteiger partial charge on any atom is 0.324 e. The van der Waals surface area contributed by atoms with Crippen LogP contribution in [0.25, 0.3) is 0 Å². The van der Waals surface area contributed by atoms with Gasteiger partial charge in [0.2, 0.25) is 5.91 Å². The first kappa shape index (κ1) is 24.7. The molecule has 3 aliphatic heterocycles. The van der Waals surface area contributed by atoms with Crippen molar-refractivity contribution >= 4 is 23.5 Å². The quantitative estimate of drug-likeness (QED) is 0.561. The van der Waals surface area contributed by atoms with E-state index in [4.69, 9.17) is 9.47 Å². The summed E-state index contributed by atoms with van der Waals surface area (Å²) in [6.45, 7) is 2.83. The molecular formula is C26H30N6O5. The van der Waals surface area contributed by atoms with Crippen molar-refractivity contribution in [1.29, 1.82) is 0 Å². The Labute approximate surface area is 215 Å². The van der Waals surface area contributed by atoms with E-state index in [1.54, 1.807) is 9.91 Å². The molecule has 11 nitrogen and oxygen atoms in total. The minimum Gasteiger partial charge on any atom is -0.468 e. The molecule has 11 heteroatoms. The number of carbonyl (C=O) groups is 3. The van der Waals surface area contributed by atoms with Crippen LogP contribution >= 0.6 is 0 Å². The van der Waals surface area contributed by atoms with Crippen LogP contribution in [0, 0.1) is 0 Å². The van der Waals surface area contributed by atoms with Crippen molar-refractivity contribution in [3.63, 3.8) is 0 Å². The number of hydrogen-bond acceptors (Lipinski definition) is 10. The predicted octanol–water partition coefficient (Wildman–Crippen LogP) is 1.41. The van der Waals surface area contributed by atoms with Gasteiger partial charge in [-0.05, 0) is 40.8 Å². The number of hydrogen-bond donors (Lipinski definition) is 1. The van der Waals surface area contributed by atoms with Gasteiger partial charge in [0, 0.05) is 26.2 Å². The maximum absolute atomic E-state index is 13.1. The molecule has 194 valence electrons. The van der Waals surface area contributed by atoms with Gasteiger partial charge in [-0.15, -0.1) is 5.11 Å². The number of fused-ring (bicyclic) bond motifs is 1. The normalized spacial score (nSPS) is 19.3. The molecule has 5 rings (SSSR count). The number of ether oxygens (including phenoxy) is 2. The summed E-state index contributed by atoms with van der Waals surface area (Å²) in [5, 5.41) is 9.41. The van der Waals surface area contributed by atoms with Crippen molar-refractivity contribution < 1.29 is 23.9 Å². The van der Waals surface area contributed by atoms with Crippen molar-refractivity contribution in [3.8, 4) is 0 Å². The lowest BCUT2D eigenvalue weighted by molar-refractivity contribution is -0.151. The van der Waals surface area contributed by atoms with Gasteiger partial charge in [0.15, 0.2) is 6.67 Å². The molecule has 1 atom stereocenters. The Morgan fingerprint density at radius 1 is 1.11 bits per heavy atom. The number of amides is 1. The molecule has 1 saturated heterocycles. The Morgan fingerprint density at radius 3 is 2.68 bits per heavy atom. The number of hydrazine groups is 1. The number of esters is 2. The Balaban J connectivity index is 1.18. The highest BCUT2D eigenvalue weighted by molar-refractivity contribution is 5.81. The summed E-state index contributed by atoms with van der Waals surface area (Å²) in [6, 6.07) is 13.2. The highest BCUT2D eigenvalue weighted by atomic mass is 16.5. The lowest BCUT2D eigenvalue weighted by atomic mass is 9.98. The van der Waals surface area contributed by atoms with E-state index >= 15 is 0 Å². The van der Waals surface area contributed by atoms with E-state index in [-0.39, 0.29) is 24.3 Å². The molecule has 3 aliphatic rings. The SMILES string of the molecule is COC(=O)C1CN(C(=O)Cc2ccc(N3CN=NN3)cc2)CCN1CCc1ccc2c(c1)COC(=O)C2. The van der Waals surface area contributed by atoms with Gasteiger partial charge < -0.3 is 14.4 Å². The number of benzene rings is 2. The molecule has 2 aromatic carbocycles. The van der Waals surface area contributed by atoms with Gasteiger partial charge >= 0.3 is 11.9 Å². The number of anilines is 1. The summed E-state index contributed by atoms with van der Waals surface area (Å²) in [4.78, 5) is 41.0. The first-order valence-electron chi connectivity index (χ1n) is 12.3. The van der Waals surface area contributed by atoms with E-state index in [1.807, 2.05) is 36.4 Å². The van der Waals surface area contributed by atoms with Crippen LogP contribution in [0.4, 0.5) is 5.69 Å². The van der Waals surface area contributed by atoms with Gasteiger partial charge in [0.1, 0.15) is 12.6 Å². The van der Waals surface area contributed by atoms with E-state index in [9.17, 15) is 14.4 Å².